The molecule has 2 heterocycles. The van der Waals surface area contributed by atoms with Gasteiger partial charge in [-0.25, -0.2) is 4.39 Å². The Balaban J connectivity index is 1.92. The lowest BCUT2D eigenvalue weighted by atomic mass is 9.93. The van der Waals surface area contributed by atoms with Crippen molar-refractivity contribution in [3.05, 3.63) is 64.9 Å². The maximum absolute atomic E-state index is 13.6. The average molecular weight is 501 g/mol. The van der Waals surface area contributed by atoms with Crippen LogP contribution in [0, 0.1) is 17.7 Å². The number of aromatic nitrogens is 1. The van der Waals surface area contributed by atoms with Gasteiger partial charge in [0.05, 0.1) is 28.2 Å². The SMILES string of the molecule is CC(C)c1nc(-c2cccs2)cc(-c2ccc(F)cc2)c1C#CCO[P+](=O)C[C@@H](O)CC(=O)O. The van der Waals surface area contributed by atoms with Gasteiger partial charge in [-0.2, -0.15) is 0 Å². The Morgan fingerprint density at radius 2 is 2.00 bits per heavy atom. The summed E-state index contributed by atoms with van der Waals surface area (Å²) in [6.07, 6.45) is -2.03. The topological polar surface area (TPSA) is 96.7 Å². The number of carboxylic acids is 1. The number of thiophene rings is 1. The molecule has 9 heteroatoms. The zero-order valence-corrected chi connectivity index (χ0v) is 20.4. The minimum absolute atomic E-state index is 0.0483. The second kappa shape index (κ2) is 12.0. The summed E-state index contributed by atoms with van der Waals surface area (Å²) >= 11 is 1.57. The molecule has 176 valence electrons. The van der Waals surface area contributed by atoms with Crippen LogP contribution in [0.3, 0.4) is 0 Å². The third kappa shape index (κ3) is 7.02. The van der Waals surface area contributed by atoms with E-state index in [-0.39, 0.29) is 24.5 Å². The molecule has 6 nitrogen and oxygen atoms in total. The van der Waals surface area contributed by atoms with E-state index in [1.807, 2.05) is 37.4 Å². The maximum Gasteiger partial charge on any atom is 0.511 e. The third-order valence-electron chi connectivity index (χ3n) is 4.79. The molecule has 0 saturated heterocycles. The largest absolute Gasteiger partial charge is 0.511 e. The van der Waals surface area contributed by atoms with E-state index in [2.05, 4.69) is 11.8 Å². The fourth-order valence-corrected chi connectivity index (χ4v) is 4.71. The van der Waals surface area contributed by atoms with Gasteiger partial charge < -0.3 is 10.2 Å². The number of nitrogens with zero attached hydrogens (tertiary/aromatic N) is 1. The van der Waals surface area contributed by atoms with Gasteiger partial charge in [0.2, 0.25) is 6.16 Å². The normalized spacial score (nSPS) is 12.2. The summed E-state index contributed by atoms with van der Waals surface area (Å²) in [6, 6.07) is 12.0. The van der Waals surface area contributed by atoms with Crippen LogP contribution in [0.15, 0.2) is 47.8 Å². The Bertz CT molecular complexity index is 1220. The number of rotatable bonds is 9. The fraction of sp³-hybridized carbons (Fsp3) is 0.280. The number of carbonyl (C=O) groups is 1. The van der Waals surface area contributed by atoms with Crippen LogP contribution in [0.1, 0.15) is 37.4 Å². The van der Waals surface area contributed by atoms with Crippen LogP contribution in [-0.2, 0) is 13.9 Å². The first kappa shape index (κ1) is 25.7. The quantitative estimate of drug-likeness (QED) is 0.290. The number of carboxylic acid groups (broad SMARTS) is 1. The molecule has 0 radical (unpaired) electrons. The van der Waals surface area contributed by atoms with Gasteiger partial charge >= 0.3 is 14.0 Å². The van der Waals surface area contributed by atoms with Crippen molar-refractivity contribution in [2.24, 2.45) is 0 Å². The fourth-order valence-electron chi connectivity index (χ4n) is 3.24. The van der Waals surface area contributed by atoms with Crippen molar-refractivity contribution >= 4 is 25.3 Å². The lowest BCUT2D eigenvalue weighted by Gasteiger charge is -2.15. The van der Waals surface area contributed by atoms with Gasteiger partial charge in [-0.3, -0.25) is 9.78 Å². The number of hydrogen-bond acceptors (Lipinski definition) is 6. The number of aliphatic hydroxyl groups is 1. The average Bonchev–Trinajstić information content (AvgIpc) is 3.31. The molecule has 2 N–H and O–H groups in total. The number of aliphatic hydroxyl groups excluding tert-OH is 1. The first-order valence-corrected chi connectivity index (χ1v) is 12.8. The molecule has 1 unspecified atom stereocenters. The summed E-state index contributed by atoms with van der Waals surface area (Å²) in [6.45, 7) is 3.86. The molecular formula is C25H24FNO5PS+. The highest BCUT2D eigenvalue weighted by Gasteiger charge is 2.25. The van der Waals surface area contributed by atoms with Crippen LogP contribution in [0.5, 0.6) is 0 Å². The van der Waals surface area contributed by atoms with Gasteiger partial charge in [-0.1, -0.05) is 43.9 Å². The minimum Gasteiger partial charge on any atom is -0.481 e. The van der Waals surface area contributed by atoms with Gasteiger partial charge in [-0.15, -0.1) is 15.9 Å². The summed E-state index contributed by atoms with van der Waals surface area (Å²) in [5.41, 5.74) is 3.84. The minimum atomic E-state index is -2.26. The van der Waals surface area contributed by atoms with Crippen molar-refractivity contribution < 1.29 is 28.5 Å². The molecule has 0 aliphatic rings. The molecule has 0 spiro atoms. The predicted molar refractivity (Wildman–Crippen MR) is 131 cm³/mol. The number of benzene rings is 1. The van der Waals surface area contributed by atoms with Crippen molar-refractivity contribution in [3.8, 4) is 33.5 Å². The molecule has 34 heavy (non-hydrogen) atoms. The Morgan fingerprint density at radius 1 is 1.26 bits per heavy atom. The predicted octanol–water partition coefficient (Wildman–Crippen LogP) is 5.69. The lowest BCUT2D eigenvalue weighted by molar-refractivity contribution is -0.138. The molecule has 0 amide bonds. The van der Waals surface area contributed by atoms with E-state index in [1.165, 1.54) is 12.1 Å². The molecule has 2 aromatic heterocycles. The van der Waals surface area contributed by atoms with E-state index >= 15 is 0 Å². The summed E-state index contributed by atoms with van der Waals surface area (Å²) < 4.78 is 30.7. The Labute approximate surface area is 202 Å². The van der Waals surface area contributed by atoms with Crippen molar-refractivity contribution in [2.75, 3.05) is 12.8 Å². The van der Waals surface area contributed by atoms with Crippen LogP contribution < -0.4 is 0 Å². The molecule has 0 saturated carbocycles. The second-order valence-corrected chi connectivity index (χ2v) is 10.0. The zero-order valence-electron chi connectivity index (χ0n) is 18.7. The number of aliphatic carboxylic acids is 1. The first-order valence-electron chi connectivity index (χ1n) is 10.6. The maximum atomic E-state index is 13.6. The molecule has 2 atom stereocenters. The van der Waals surface area contributed by atoms with E-state index in [0.29, 0.717) is 5.56 Å². The van der Waals surface area contributed by atoms with Crippen molar-refractivity contribution in [2.45, 2.75) is 32.3 Å². The molecule has 0 aliphatic heterocycles. The lowest BCUT2D eigenvalue weighted by Crippen LogP contribution is -2.15. The van der Waals surface area contributed by atoms with Crippen molar-refractivity contribution in [1.29, 1.82) is 0 Å². The van der Waals surface area contributed by atoms with E-state index in [9.17, 15) is 18.9 Å². The zero-order chi connectivity index (χ0) is 24.7. The summed E-state index contributed by atoms with van der Waals surface area (Å²) in [4.78, 5) is 16.5. The highest BCUT2D eigenvalue weighted by atomic mass is 32.1. The number of hydrogen-bond donors (Lipinski definition) is 2. The molecule has 0 aliphatic carbocycles. The summed E-state index contributed by atoms with van der Waals surface area (Å²) in [5, 5.41) is 20.2. The molecule has 0 fully saturated rings. The first-order chi connectivity index (χ1) is 16.2. The van der Waals surface area contributed by atoms with E-state index < -0.39 is 26.5 Å². The monoisotopic (exact) mass is 500 g/mol. The van der Waals surface area contributed by atoms with E-state index in [4.69, 9.17) is 14.6 Å². The van der Waals surface area contributed by atoms with Gasteiger partial charge in [0.15, 0.2) is 6.61 Å². The van der Waals surface area contributed by atoms with Crippen LogP contribution in [0.4, 0.5) is 4.39 Å². The van der Waals surface area contributed by atoms with Crippen LogP contribution in [-0.4, -0.2) is 40.0 Å². The standard InChI is InChI=1S/C25H23FNO5PS/c1-16(2)25-20(5-3-11-32-33(31)15-19(28)13-24(29)30)21(17-7-9-18(26)10-8-17)14-22(27-25)23-6-4-12-34-23/h4,6-10,12,14,16,19,28H,11,13,15H2,1-2H3/p+1/t19-/m0/s1. The van der Waals surface area contributed by atoms with Crippen molar-refractivity contribution in [3.63, 3.8) is 0 Å². The molecule has 0 bridgehead atoms. The van der Waals surface area contributed by atoms with Crippen LogP contribution in [0.25, 0.3) is 21.7 Å². The van der Waals surface area contributed by atoms with Crippen LogP contribution >= 0.6 is 19.4 Å². The summed E-state index contributed by atoms with van der Waals surface area (Å²) in [5.74, 6) is 4.46. The van der Waals surface area contributed by atoms with E-state index in [1.54, 1.807) is 23.5 Å². The highest BCUT2D eigenvalue weighted by molar-refractivity contribution is 7.39. The van der Waals surface area contributed by atoms with E-state index in [0.717, 1.165) is 27.4 Å². The number of pyridine rings is 1. The highest BCUT2D eigenvalue weighted by Crippen LogP contribution is 2.34. The Morgan fingerprint density at radius 3 is 2.62 bits per heavy atom. The Kier molecular flexibility index (Phi) is 9.03. The second-order valence-electron chi connectivity index (χ2n) is 7.80. The van der Waals surface area contributed by atoms with Gasteiger partial charge in [0.1, 0.15) is 11.9 Å². The van der Waals surface area contributed by atoms with Gasteiger partial charge in [0, 0.05) is 5.56 Å². The van der Waals surface area contributed by atoms with Gasteiger partial charge in [-0.05, 0) is 45.7 Å². The molecular weight excluding hydrogens is 476 g/mol. The summed E-state index contributed by atoms with van der Waals surface area (Å²) in [7, 11) is -2.26. The molecule has 1 aromatic carbocycles. The smallest absolute Gasteiger partial charge is 0.481 e. The molecule has 3 aromatic rings. The molecule has 3 rings (SSSR count). The Hall–Kier alpha value is -2.95. The van der Waals surface area contributed by atoms with Gasteiger partial charge in [0.25, 0.3) is 0 Å². The van der Waals surface area contributed by atoms with Crippen LogP contribution in [0.2, 0.25) is 0 Å². The van der Waals surface area contributed by atoms with Crippen molar-refractivity contribution in [1.82, 2.24) is 4.98 Å². The third-order valence-corrected chi connectivity index (χ3v) is 6.82. The number of halogens is 1.